The second-order valence-corrected chi connectivity index (χ2v) is 9.72. The summed E-state index contributed by atoms with van der Waals surface area (Å²) < 4.78 is 5.28. The van der Waals surface area contributed by atoms with Gasteiger partial charge in [-0.1, -0.05) is 43.2 Å². The number of nitrogens with zero attached hydrogens (tertiary/aromatic N) is 1. The summed E-state index contributed by atoms with van der Waals surface area (Å²) in [6, 6.07) is 5.64. The van der Waals surface area contributed by atoms with E-state index in [1.807, 2.05) is 52.0 Å². The van der Waals surface area contributed by atoms with Crippen molar-refractivity contribution in [3.63, 3.8) is 0 Å². The Bertz CT molecular complexity index is 768. The highest BCUT2D eigenvalue weighted by Crippen LogP contribution is 2.25. The summed E-state index contributed by atoms with van der Waals surface area (Å²) in [5.41, 5.74) is 1.11. The van der Waals surface area contributed by atoms with Gasteiger partial charge in [-0.25, -0.2) is 4.79 Å². The number of amides is 3. The average Bonchev–Trinajstić information content (AvgIpc) is 2.64. The van der Waals surface area contributed by atoms with Gasteiger partial charge in [0.05, 0.1) is 0 Å². The van der Waals surface area contributed by atoms with E-state index in [-0.39, 0.29) is 23.9 Å². The van der Waals surface area contributed by atoms with Crippen LogP contribution in [-0.4, -0.2) is 46.5 Å². The van der Waals surface area contributed by atoms with Crippen molar-refractivity contribution in [2.45, 2.75) is 105 Å². The van der Waals surface area contributed by atoms with E-state index in [1.165, 1.54) is 0 Å². The smallest absolute Gasteiger partial charge is 0.408 e. The number of aryl methyl sites for hydroxylation is 1. The summed E-state index contributed by atoms with van der Waals surface area (Å²) in [4.78, 5) is 40.6. The molecule has 0 radical (unpaired) electrons. The third-order valence-corrected chi connectivity index (χ3v) is 4.94. The van der Waals surface area contributed by atoms with E-state index in [4.69, 9.17) is 4.74 Å². The first-order valence-electron chi connectivity index (χ1n) is 11.5. The van der Waals surface area contributed by atoms with E-state index in [0.717, 1.165) is 24.0 Å². The van der Waals surface area contributed by atoms with E-state index in [1.54, 1.807) is 32.6 Å². The lowest BCUT2D eigenvalue weighted by atomic mass is 9.99. The highest BCUT2D eigenvalue weighted by atomic mass is 16.6. The molecule has 2 N–H and O–H groups in total. The molecule has 3 amide bonds. The number of benzene rings is 1. The Balaban J connectivity index is 3.25. The van der Waals surface area contributed by atoms with Crippen LogP contribution in [0.3, 0.4) is 0 Å². The fraction of sp³-hybridized carbons (Fsp3) is 0.640. The molecular formula is C25H41N3O4. The molecule has 0 saturated heterocycles. The zero-order chi connectivity index (χ0) is 24.6. The monoisotopic (exact) mass is 447 g/mol. The van der Waals surface area contributed by atoms with E-state index >= 15 is 0 Å². The Kier molecular flexibility index (Phi) is 10.2. The van der Waals surface area contributed by atoms with Crippen molar-refractivity contribution in [2.75, 3.05) is 0 Å². The maximum Gasteiger partial charge on any atom is 0.408 e. The number of hydrogen-bond donors (Lipinski definition) is 2. The van der Waals surface area contributed by atoms with Crippen LogP contribution in [0.5, 0.6) is 0 Å². The summed E-state index contributed by atoms with van der Waals surface area (Å²) in [6.07, 6.45) is 1.12. The molecule has 7 heteroatoms. The lowest BCUT2D eigenvalue weighted by molar-refractivity contribution is -0.144. The molecule has 1 rings (SSSR count). The van der Waals surface area contributed by atoms with Gasteiger partial charge in [0.1, 0.15) is 17.7 Å². The fourth-order valence-corrected chi connectivity index (χ4v) is 3.46. The molecule has 0 spiro atoms. The number of carbonyl (C=O) groups is 3. The number of rotatable bonds is 9. The second kappa shape index (κ2) is 11.9. The maximum atomic E-state index is 13.5. The zero-order valence-electron chi connectivity index (χ0n) is 21.1. The van der Waals surface area contributed by atoms with Crippen LogP contribution in [0.25, 0.3) is 0 Å². The number of ether oxygens (including phenoxy) is 1. The Labute approximate surface area is 193 Å². The number of nitrogens with one attached hydrogen (secondary N) is 2. The van der Waals surface area contributed by atoms with Gasteiger partial charge in [0.25, 0.3) is 0 Å². The predicted molar refractivity (Wildman–Crippen MR) is 127 cm³/mol. The van der Waals surface area contributed by atoms with Gasteiger partial charge < -0.3 is 20.3 Å². The molecule has 0 fully saturated rings. The van der Waals surface area contributed by atoms with Crippen LogP contribution in [0.2, 0.25) is 0 Å². The molecule has 0 heterocycles. The van der Waals surface area contributed by atoms with Gasteiger partial charge in [0.15, 0.2) is 0 Å². The van der Waals surface area contributed by atoms with Crippen LogP contribution < -0.4 is 10.6 Å². The standard InChI is InChI=1S/C25H41N3O4/c1-10-11-18(5)26-22(29)21(20-14-12-17(4)13-15-20)28(16(2)3)23(30)19(6)27-24(31)32-25(7,8)9/h12-16,18-19,21H,10-11H2,1-9H3,(H,26,29)(H,27,31). The molecule has 1 aromatic carbocycles. The van der Waals surface area contributed by atoms with Crippen LogP contribution in [0, 0.1) is 6.92 Å². The van der Waals surface area contributed by atoms with Crippen molar-refractivity contribution in [2.24, 2.45) is 0 Å². The van der Waals surface area contributed by atoms with Gasteiger partial charge >= 0.3 is 6.09 Å². The first kappa shape index (κ1) is 27.5. The maximum absolute atomic E-state index is 13.5. The van der Waals surface area contributed by atoms with Gasteiger partial charge in [-0.3, -0.25) is 9.59 Å². The van der Waals surface area contributed by atoms with E-state index in [0.29, 0.717) is 0 Å². The quantitative estimate of drug-likeness (QED) is 0.584. The molecule has 0 bridgehead atoms. The normalized spacial score (nSPS) is 14.3. The number of carbonyl (C=O) groups excluding carboxylic acids is 3. The molecule has 0 aliphatic rings. The minimum absolute atomic E-state index is 0.0122. The zero-order valence-corrected chi connectivity index (χ0v) is 21.1. The largest absolute Gasteiger partial charge is 0.444 e. The topological polar surface area (TPSA) is 87.7 Å². The van der Waals surface area contributed by atoms with E-state index < -0.39 is 23.8 Å². The van der Waals surface area contributed by atoms with Gasteiger partial charge in [0, 0.05) is 12.1 Å². The molecule has 32 heavy (non-hydrogen) atoms. The summed E-state index contributed by atoms with van der Waals surface area (Å²) in [5.74, 6) is -0.587. The molecule has 180 valence electrons. The highest BCUT2D eigenvalue weighted by Gasteiger charge is 2.36. The van der Waals surface area contributed by atoms with Gasteiger partial charge in [-0.05, 0) is 67.4 Å². The minimum atomic E-state index is -0.860. The summed E-state index contributed by atoms with van der Waals surface area (Å²) >= 11 is 0. The fourth-order valence-electron chi connectivity index (χ4n) is 3.46. The number of alkyl carbamates (subject to hydrolysis) is 1. The molecule has 0 saturated carbocycles. The van der Waals surface area contributed by atoms with Gasteiger partial charge in [-0.2, -0.15) is 0 Å². The van der Waals surface area contributed by atoms with Crippen LogP contribution >= 0.6 is 0 Å². The lowest BCUT2D eigenvalue weighted by Crippen LogP contribution is -2.54. The third kappa shape index (κ3) is 8.52. The SMILES string of the molecule is CCCC(C)NC(=O)C(c1ccc(C)cc1)N(C(=O)C(C)NC(=O)OC(C)(C)C)C(C)C. The summed E-state index contributed by atoms with van der Waals surface area (Å²) in [7, 11) is 0. The first-order chi connectivity index (χ1) is 14.8. The number of hydrogen-bond acceptors (Lipinski definition) is 4. The Morgan fingerprint density at radius 2 is 1.56 bits per heavy atom. The Morgan fingerprint density at radius 1 is 1.00 bits per heavy atom. The van der Waals surface area contributed by atoms with Crippen molar-refractivity contribution in [3.8, 4) is 0 Å². The van der Waals surface area contributed by atoms with Crippen LogP contribution in [-0.2, 0) is 14.3 Å². The molecular weight excluding hydrogens is 406 g/mol. The Morgan fingerprint density at radius 3 is 2.03 bits per heavy atom. The van der Waals surface area contributed by atoms with Crippen LogP contribution in [0.1, 0.15) is 85.4 Å². The van der Waals surface area contributed by atoms with Crippen molar-refractivity contribution in [1.82, 2.24) is 15.5 Å². The molecule has 3 atom stereocenters. The van der Waals surface area contributed by atoms with E-state index in [2.05, 4.69) is 17.6 Å². The Hall–Kier alpha value is -2.57. The van der Waals surface area contributed by atoms with Gasteiger partial charge in [0.2, 0.25) is 11.8 Å². The van der Waals surface area contributed by atoms with Crippen molar-refractivity contribution in [1.29, 1.82) is 0 Å². The summed E-state index contributed by atoms with van der Waals surface area (Å²) in [6.45, 7) is 16.6. The van der Waals surface area contributed by atoms with Crippen molar-refractivity contribution < 1.29 is 19.1 Å². The highest BCUT2D eigenvalue weighted by molar-refractivity contribution is 5.92. The molecule has 0 aliphatic heterocycles. The second-order valence-electron chi connectivity index (χ2n) is 9.72. The average molecular weight is 448 g/mol. The van der Waals surface area contributed by atoms with Crippen LogP contribution in [0.15, 0.2) is 24.3 Å². The summed E-state index contributed by atoms with van der Waals surface area (Å²) in [5, 5.41) is 5.65. The van der Waals surface area contributed by atoms with Crippen molar-refractivity contribution in [3.05, 3.63) is 35.4 Å². The lowest BCUT2D eigenvalue weighted by Gasteiger charge is -2.37. The molecule has 0 aromatic heterocycles. The predicted octanol–water partition coefficient (Wildman–Crippen LogP) is 4.49. The molecule has 1 aromatic rings. The van der Waals surface area contributed by atoms with E-state index in [9.17, 15) is 14.4 Å². The molecule has 0 aliphatic carbocycles. The molecule has 7 nitrogen and oxygen atoms in total. The molecule has 3 unspecified atom stereocenters. The minimum Gasteiger partial charge on any atom is -0.444 e. The first-order valence-corrected chi connectivity index (χ1v) is 11.5. The van der Waals surface area contributed by atoms with Crippen molar-refractivity contribution >= 4 is 17.9 Å². The van der Waals surface area contributed by atoms with Crippen LogP contribution in [0.4, 0.5) is 4.79 Å². The van der Waals surface area contributed by atoms with Gasteiger partial charge in [-0.15, -0.1) is 0 Å². The third-order valence-electron chi connectivity index (χ3n) is 4.94.